The van der Waals surface area contributed by atoms with E-state index in [9.17, 15) is 0 Å². The Hall–Kier alpha value is -1.28. The van der Waals surface area contributed by atoms with E-state index in [1.807, 2.05) is 0 Å². The predicted octanol–water partition coefficient (Wildman–Crippen LogP) is 7.26. The Balaban J connectivity index is 1.36. The number of aryl methyl sites for hydroxylation is 1. The highest BCUT2D eigenvalue weighted by Gasteiger charge is 2.22. The molecule has 1 saturated heterocycles. The van der Waals surface area contributed by atoms with E-state index >= 15 is 0 Å². The molecule has 2 nitrogen and oxygen atoms in total. The maximum Gasteiger partial charge on any atom is 0.119 e. The molecule has 0 aliphatic carbocycles. The molecule has 1 atom stereocenters. The molecule has 152 valence electrons. The average Bonchev–Trinajstić information content (AvgIpc) is 3.52. The standard InChI is InChI=1S/C25H40O2/c1-2-3-4-5-6-7-8-9-10-11-12-13-14-15-16-23-17-19-24(20-18-23)26-21-25-22-27-25/h8-9,17-20,25H,2-7,10-16,21-22H2,1H3/b9-8+. The van der Waals surface area contributed by atoms with Crippen LogP contribution in [0, 0.1) is 0 Å². The molecule has 27 heavy (non-hydrogen) atoms. The molecule has 1 aromatic rings. The lowest BCUT2D eigenvalue weighted by atomic mass is 10.0. The highest BCUT2D eigenvalue weighted by Crippen LogP contribution is 2.17. The molecule has 1 fully saturated rings. The summed E-state index contributed by atoms with van der Waals surface area (Å²) in [6.45, 7) is 3.82. The second kappa shape index (κ2) is 14.7. The maximum absolute atomic E-state index is 5.68. The molecule has 2 rings (SSSR count). The fourth-order valence-electron chi connectivity index (χ4n) is 3.33. The molecule has 0 saturated carbocycles. The largest absolute Gasteiger partial charge is 0.491 e. The molecule has 0 N–H and O–H groups in total. The van der Waals surface area contributed by atoms with E-state index in [-0.39, 0.29) is 0 Å². The third kappa shape index (κ3) is 11.9. The van der Waals surface area contributed by atoms with Crippen molar-refractivity contribution in [2.24, 2.45) is 0 Å². The molecule has 1 aromatic carbocycles. The van der Waals surface area contributed by atoms with Crippen LogP contribution in [0.15, 0.2) is 36.4 Å². The van der Waals surface area contributed by atoms with Gasteiger partial charge in [-0.05, 0) is 56.2 Å². The van der Waals surface area contributed by atoms with Crippen molar-refractivity contribution in [3.63, 3.8) is 0 Å². The first-order chi connectivity index (χ1) is 13.4. The van der Waals surface area contributed by atoms with Gasteiger partial charge in [0.15, 0.2) is 0 Å². The molecular formula is C25H40O2. The van der Waals surface area contributed by atoms with Crippen molar-refractivity contribution in [1.82, 2.24) is 0 Å². The molecule has 2 heteroatoms. The quantitative estimate of drug-likeness (QED) is 0.163. The van der Waals surface area contributed by atoms with Crippen LogP contribution in [0.4, 0.5) is 0 Å². The first-order valence-electron chi connectivity index (χ1n) is 11.4. The van der Waals surface area contributed by atoms with Crippen molar-refractivity contribution < 1.29 is 9.47 Å². The number of rotatable bonds is 17. The van der Waals surface area contributed by atoms with Crippen LogP contribution in [-0.2, 0) is 11.2 Å². The van der Waals surface area contributed by atoms with E-state index in [0.717, 1.165) is 12.4 Å². The summed E-state index contributed by atoms with van der Waals surface area (Å²) >= 11 is 0. The second-order valence-corrected chi connectivity index (χ2v) is 7.89. The molecule has 0 spiro atoms. The van der Waals surface area contributed by atoms with Crippen molar-refractivity contribution in [2.45, 2.75) is 96.5 Å². The fourth-order valence-corrected chi connectivity index (χ4v) is 3.33. The van der Waals surface area contributed by atoms with E-state index in [1.54, 1.807) is 0 Å². The van der Waals surface area contributed by atoms with E-state index in [0.29, 0.717) is 12.7 Å². The molecular weight excluding hydrogens is 332 g/mol. The van der Waals surface area contributed by atoms with Gasteiger partial charge in [-0.15, -0.1) is 0 Å². The zero-order chi connectivity index (χ0) is 19.0. The van der Waals surface area contributed by atoms with Gasteiger partial charge in [0.2, 0.25) is 0 Å². The van der Waals surface area contributed by atoms with Crippen LogP contribution in [-0.4, -0.2) is 19.3 Å². The first-order valence-corrected chi connectivity index (χ1v) is 11.4. The number of benzene rings is 1. The van der Waals surface area contributed by atoms with Gasteiger partial charge in [0.05, 0.1) is 6.61 Å². The third-order valence-corrected chi connectivity index (χ3v) is 5.24. The van der Waals surface area contributed by atoms with E-state index < -0.39 is 0 Å². The fraction of sp³-hybridized carbons (Fsp3) is 0.680. The summed E-state index contributed by atoms with van der Waals surface area (Å²) < 4.78 is 10.8. The molecule has 0 radical (unpaired) electrons. The monoisotopic (exact) mass is 372 g/mol. The van der Waals surface area contributed by atoms with Crippen LogP contribution in [0.5, 0.6) is 5.75 Å². The maximum atomic E-state index is 5.68. The Kier molecular flexibility index (Phi) is 12.0. The van der Waals surface area contributed by atoms with Crippen molar-refractivity contribution in [1.29, 1.82) is 0 Å². The number of epoxide rings is 1. The van der Waals surface area contributed by atoms with E-state index in [4.69, 9.17) is 9.47 Å². The lowest BCUT2D eigenvalue weighted by Crippen LogP contribution is -2.03. The highest BCUT2D eigenvalue weighted by molar-refractivity contribution is 5.27. The minimum atomic E-state index is 0.329. The lowest BCUT2D eigenvalue weighted by Gasteiger charge is -2.06. The number of hydrogen-bond acceptors (Lipinski definition) is 2. The van der Waals surface area contributed by atoms with Gasteiger partial charge in [-0.1, -0.05) is 76.2 Å². The van der Waals surface area contributed by atoms with E-state index in [1.165, 1.54) is 89.0 Å². The van der Waals surface area contributed by atoms with Crippen molar-refractivity contribution >= 4 is 0 Å². The van der Waals surface area contributed by atoms with Crippen LogP contribution in [0.3, 0.4) is 0 Å². The zero-order valence-corrected chi connectivity index (χ0v) is 17.5. The Morgan fingerprint density at radius 3 is 2.07 bits per heavy atom. The van der Waals surface area contributed by atoms with Gasteiger partial charge in [-0.25, -0.2) is 0 Å². The van der Waals surface area contributed by atoms with Crippen LogP contribution >= 0.6 is 0 Å². The Morgan fingerprint density at radius 1 is 0.852 bits per heavy atom. The summed E-state index contributed by atoms with van der Waals surface area (Å²) in [7, 11) is 0. The molecule has 0 amide bonds. The minimum Gasteiger partial charge on any atom is -0.491 e. The summed E-state index contributed by atoms with van der Waals surface area (Å²) in [5.74, 6) is 0.961. The van der Waals surface area contributed by atoms with E-state index in [2.05, 4.69) is 43.3 Å². The Bertz CT molecular complexity index is 488. The molecule has 0 aromatic heterocycles. The van der Waals surface area contributed by atoms with Crippen LogP contribution < -0.4 is 4.74 Å². The Labute approximate surface area is 167 Å². The van der Waals surface area contributed by atoms with Gasteiger partial charge in [0.25, 0.3) is 0 Å². The number of allylic oxidation sites excluding steroid dienone is 2. The van der Waals surface area contributed by atoms with Gasteiger partial charge in [0.1, 0.15) is 18.5 Å². The second-order valence-electron chi connectivity index (χ2n) is 7.89. The molecule has 1 heterocycles. The molecule has 1 unspecified atom stereocenters. The smallest absolute Gasteiger partial charge is 0.119 e. The predicted molar refractivity (Wildman–Crippen MR) is 116 cm³/mol. The van der Waals surface area contributed by atoms with Crippen LogP contribution in [0.1, 0.15) is 89.5 Å². The lowest BCUT2D eigenvalue weighted by molar-refractivity contribution is 0.263. The summed E-state index contributed by atoms with van der Waals surface area (Å²) in [6.07, 6.45) is 22.5. The van der Waals surface area contributed by atoms with Crippen molar-refractivity contribution in [3.8, 4) is 5.75 Å². The normalized spacial score (nSPS) is 16.1. The van der Waals surface area contributed by atoms with Gasteiger partial charge >= 0.3 is 0 Å². The summed E-state index contributed by atoms with van der Waals surface area (Å²) in [4.78, 5) is 0. The summed E-state index contributed by atoms with van der Waals surface area (Å²) in [6, 6.07) is 8.59. The molecule has 0 bridgehead atoms. The van der Waals surface area contributed by atoms with Crippen molar-refractivity contribution in [2.75, 3.05) is 13.2 Å². The number of hydrogen-bond donors (Lipinski definition) is 0. The zero-order valence-electron chi connectivity index (χ0n) is 17.5. The van der Waals surface area contributed by atoms with Crippen molar-refractivity contribution in [3.05, 3.63) is 42.0 Å². The van der Waals surface area contributed by atoms with Crippen LogP contribution in [0.2, 0.25) is 0 Å². The number of ether oxygens (including phenoxy) is 2. The molecule has 1 aliphatic rings. The Morgan fingerprint density at radius 2 is 1.44 bits per heavy atom. The summed E-state index contributed by atoms with van der Waals surface area (Å²) in [5, 5.41) is 0. The van der Waals surface area contributed by atoms with Gasteiger partial charge in [-0.3, -0.25) is 0 Å². The third-order valence-electron chi connectivity index (χ3n) is 5.24. The van der Waals surface area contributed by atoms with Crippen LogP contribution in [0.25, 0.3) is 0 Å². The average molecular weight is 373 g/mol. The first kappa shape index (κ1) is 22.0. The molecule has 1 aliphatic heterocycles. The van der Waals surface area contributed by atoms with Gasteiger partial charge in [-0.2, -0.15) is 0 Å². The van der Waals surface area contributed by atoms with Gasteiger partial charge in [0, 0.05) is 0 Å². The SMILES string of the molecule is CCCCCCC/C=C/CCCCCCCc1ccc(OCC2CO2)cc1. The summed E-state index contributed by atoms with van der Waals surface area (Å²) in [5.41, 5.74) is 1.42. The van der Waals surface area contributed by atoms with Gasteiger partial charge < -0.3 is 9.47 Å². The topological polar surface area (TPSA) is 21.8 Å². The highest BCUT2D eigenvalue weighted by atomic mass is 16.6. The minimum absolute atomic E-state index is 0.329. The number of unbranched alkanes of at least 4 members (excludes halogenated alkanes) is 10.